The summed E-state index contributed by atoms with van der Waals surface area (Å²) in [4.78, 5) is 8.58. The molecule has 0 saturated heterocycles. The highest BCUT2D eigenvalue weighted by Gasteiger charge is 2.54. The minimum atomic E-state index is -4.51. The summed E-state index contributed by atoms with van der Waals surface area (Å²) in [5.41, 5.74) is -1.71. The van der Waals surface area contributed by atoms with Crippen LogP contribution >= 0.6 is 11.6 Å². The van der Waals surface area contributed by atoms with Gasteiger partial charge in [-0.25, -0.2) is 18.4 Å². The minimum Gasteiger partial charge on any atom is -0.481 e. The van der Waals surface area contributed by atoms with E-state index in [1.807, 2.05) is 18.2 Å². The second kappa shape index (κ2) is 11.8. The summed E-state index contributed by atoms with van der Waals surface area (Å²) >= 11 is 6.68. The Morgan fingerprint density at radius 2 is 1.87 bits per heavy atom. The summed E-state index contributed by atoms with van der Waals surface area (Å²) in [7, 11) is 1.50. The van der Waals surface area contributed by atoms with Gasteiger partial charge >= 0.3 is 6.18 Å². The largest absolute Gasteiger partial charge is 0.481 e. The fourth-order valence-corrected chi connectivity index (χ4v) is 5.69. The molecule has 0 bridgehead atoms. The summed E-state index contributed by atoms with van der Waals surface area (Å²) in [6.45, 7) is 1.59. The van der Waals surface area contributed by atoms with E-state index in [9.17, 15) is 27.2 Å². The van der Waals surface area contributed by atoms with Crippen molar-refractivity contribution in [3.63, 3.8) is 0 Å². The number of benzene rings is 2. The molecule has 2 aromatic carbocycles. The fourth-order valence-electron chi connectivity index (χ4n) is 5.43. The first-order chi connectivity index (χ1) is 22.3. The van der Waals surface area contributed by atoms with Gasteiger partial charge in [-0.1, -0.05) is 28.9 Å². The lowest BCUT2D eigenvalue weighted by atomic mass is 9.92. The Kier molecular flexibility index (Phi) is 8.07. The normalized spacial score (nSPS) is 15.1. The predicted octanol–water partition coefficient (Wildman–Crippen LogP) is 7.86. The van der Waals surface area contributed by atoms with Crippen molar-refractivity contribution in [1.82, 2.24) is 25.0 Å². The molecule has 1 aliphatic carbocycles. The van der Waals surface area contributed by atoms with Crippen LogP contribution in [0, 0.1) is 16.7 Å². The Balaban J connectivity index is 1.48. The summed E-state index contributed by atoms with van der Waals surface area (Å²) in [6, 6.07) is 11.6. The van der Waals surface area contributed by atoms with Crippen LogP contribution in [0.1, 0.15) is 49.6 Å². The van der Waals surface area contributed by atoms with Crippen molar-refractivity contribution in [1.29, 1.82) is 5.26 Å². The maximum absolute atomic E-state index is 14.0. The highest BCUT2D eigenvalue weighted by atomic mass is 35.5. The smallest absolute Gasteiger partial charge is 0.395 e. The third-order valence-electron chi connectivity index (χ3n) is 8.57. The molecule has 47 heavy (non-hydrogen) atoms. The van der Waals surface area contributed by atoms with Gasteiger partial charge in [-0.15, -0.1) is 5.10 Å². The summed E-state index contributed by atoms with van der Waals surface area (Å²) < 4.78 is 75.7. The van der Waals surface area contributed by atoms with Crippen molar-refractivity contribution in [3.05, 3.63) is 76.8 Å². The zero-order valence-corrected chi connectivity index (χ0v) is 26.1. The van der Waals surface area contributed by atoms with E-state index >= 15 is 0 Å². The van der Waals surface area contributed by atoms with E-state index in [1.165, 1.54) is 24.2 Å². The number of pyridine rings is 2. The average Bonchev–Trinajstić information content (AvgIpc) is 3.71. The second-order valence-electron chi connectivity index (χ2n) is 12.1. The molecule has 3 heterocycles. The molecule has 1 atom stereocenters. The Labute approximate surface area is 270 Å². The number of nitrogens with one attached hydrogen (secondary N) is 2. The van der Waals surface area contributed by atoms with E-state index in [4.69, 9.17) is 16.3 Å². The van der Waals surface area contributed by atoms with Crippen molar-refractivity contribution in [2.75, 3.05) is 24.3 Å². The Morgan fingerprint density at radius 1 is 1.11 bits per heavy atom. The van der Waals surface area contributed by atoms with E-state index in [-0.39, 0.29) is 34.6 Å². The van der Waals surface area contributed by atoms with Crippen LogP contribution in [0.15, 0.2) is 55.0 Å². The topological polar surface area (TPSA) is 114 Å². The molecule has 0 radical (unpaired) electrons. The quantitative estimate of drug-likeness (QED) is 0.144. The molecule has 244 valence electrons. The average molecular weight is 671 g/mol. The van der Waals surface area contributed by atoms with Gasteiger partial charge < -0.3 is 15.4 Å². The lowest BCUT2D eigenvalue weighted by molar-refractivity contribution is -0.206. The van der Waals surface area contributed by atoms with Gasteiger partial charge in [0.1, 0.15) is 17.3 Å². The third kappa shape index (κ3) is 5.73. The van der Waals surface area contributed by atoms with E-state index in [0.29, 0.717) is 33.6 Å². The fraction of sp³-hybridized carbons (Fsp3) is 0.344. The first-order valence-corrected chi connectivity index (χ1v) is 14.9. The van der Waals surface area contributed by atoms with Gasteiger partial charge in [-0.3, -0.25) is 4.98 Å². The number of aromatic nitrogens is 5. The Morgan fingerprint density at radius 3 is 2.53 bits per heavy atom. The molecule has 0 spiro atoms. The number of methoxy groups -OCH3 is 1. The van der Waals surface area contributed by atoms with E-state index in [0.717, 1.165) is 19.2 Å². The van der Waals surface area contributed by atoms with E-state index in [2.05, 4.69) is 30.9 Å². The number of alkyl halides is 5. The molecule has 0 amide bonds. The maximum atomic E-state index is 14.0. The van der Waals surface area contributed by atoms with Gasteiger partial charge in [0.05, 0.1) is 46.6 Å². The monoisotopic (exact) mass is 670 g/mol. The molecular formula is C32H28ClF5N8O. The molecule has 3 aromatic heterocycles. The van der Waals surface area contributed by atoms with Crippen LogP contribution in [0.5, 0.6) is 5.88 Å². The van der Waals surface area contributed by atoms with Crippen LogP contribution < -0.4 is 15.4 Å². The van der Waals surface area contributed by atoms with E-state index in [1.54, 1.807) is 30.5 Å². The van der Waals surface area contributed by atoms with Gasteiger partial charge in [0, 0.05) is 35.4 Å². The van der Waals surface area contributed by atoms with Gasteiger partial charge in [-0.2, -0.15) is 18.4 Å². The predicted molar refractivity (Wildman–Crippen MR) is 167 cm³/mol. The van der Waals surface area contributed by atoms with Crippen LogP contribution in [-0.2, 0) is 5.54 Å². The number of hydrogen-bond acceptors (Lipinski definition) is 8. The molecule has 9 nitrogen and oxygen atoms in total. The van der Waals surface area contributed by atoms with Crippen molar-refractivity contribution < 1.29 is 26.7 Å². The molecule has 1 aliphatic rings. The standard InChI is InChI=1S/C32H28ClF5N8O/c1-30(2,32(36,37)38)16-42-25-17(13-39)14-41-26-22(25)11-18(12-23(26)33)43-27(24-15-46(45-44-24)31(8-9-31)29(34)35)20-5-4-6-21-19(20)7-10-40-28(21)47-3/h4-7,10-12,14-15,27,29,43H,8-9,16H2,1-3H3,(H,41,42). The molecule has 15 heteroatoms. The number of halogens is 6. The van der Waals surface area contributed by atoms with Crippen molar-refractivity contribution in [2.45, 2.75) is 50.9 Å². The number of nitriles is 1. The molecule has 1 saturated carbocycles. The number of hydrogen-bond donors (Lipinski definition) is 2. The number of anilines is 2. The van der Waals surface area contributed by atoms with Crippen molar-refractivity contribution >= 4 is 44.7 Å². The van der Waals surface area contributed by atoms with Crippen LogP contribution in [0.4, 0.5) is 33.3 Å². The number of nitrogens with zero attached hydrogens (tertiary/aromatic N) is 6. The summed E-state index contributed by atoms with van der Waals surface area (Å²) in [5, 5.41) is 26.3. The summed E-state index contributed by atoms with van der Waals surface area (Å²) in [5.74, 6) is 0.378. The number of rotatable bonds is 10. The number of ether oxygens (including phenoxy) is 1. The molecule has 5 aromatic rings. The second-order valence-corrected chi connectivity index (χ2v) is 12.5. The molecular weight excluding hydrogens is 643 g/mol. The van der Waals surface area contributed by atoms with Crippen LogP contribution in [0.2, 0.25) is 5.02 Å². The van der Waals surface area contributed by atoms with Gasteiger partial charge in [0.15, 0.2) is 0 Å². The molecule has 1 unspecified atom stereocenters. The van der Waals surface area contributed by atoms with Crippen LogP contribution in [0.3, 0.4) is 0 Å². The molecule has 2 N–H and O–H groups in total. The van der Waals surface area contributed by atoms with Crippen LogP contribution in [0.25, 0.3) is 21.7 Å². The van der Waals surface area contributed by atoms with Crippen LogP contribution in [-0.4, -0.2) is 51.2 Å². The van der Waals surface area contributed by atoms with Gasteiger partial charge in [-0.05, 0) is 61.9 Å². The number of fused-ring (bicyclic) bond motifs is 2. The SMILES string of the molecule is COc1nccc2c(C(Nc3cc(Cl)c4ncc(C#N)c(NCC(C)(C)C(F)(F)F)c4c3)c3cn(C4(C(F)F)CC4)nn3)cccc12. The zero-order valence-electron chi connectivity index (χ0n) is 25.3. The molecule has 0 aliphatic heterocycles. The van der Waals surface area contributed by atoms with E-state index < -0.39 is 36.1 Å². The highest BCUT2D eigenvalue weighted by Crippen LogP contribution is 2.48. The zero-order chi connectivity index (χ0) is 33.7. The molecule has 1 fully saturated rings. The lowest BCUT2D eigenvalue weighted by Gasteiger charge is -2.28. The lowest BCUT2D eigenvalue weighted by Crippen LogP contribution is -2.38. The van der Waals surface area contributed by atoms with Gasteiger partial charge in [0.25, 0.3) is 6.43 Å². The first-order valence-electron chi connectivity index (χ1n) is 14.5. The Hall–Kier alpha value is -4.77. The highest BCUT2D eigenvalue weighted by molar-refractivity contribution is 6.35. The van der Waals surface area contributed by atoms with Crippen molar-refractivity contribution in [2.24, 2.45) is 5.41 Å². The third-order valence-corrected chi connectivity index (χ3v) is 8.86. The molecule has 6 rings (SSSR count). The summed E-state index contributed by atoms with van der Waals surface area (Å²) in [6.07, 6.45) is -2.30. The van der Waals surface area contributed by atoms with Gasteiger partial charge in [0.2, 0.25) is 5.88 Å². The first kappa shape index (κ1) is 32.2. The maximum Gasteiger partial charge on any atom is 0.395 e. The Bertz CT molecular complexity index is 2020. The van der Waals surface area contributed by atoms with Crippen molar-refractivity contribution in [3.8, 4) is 11.9 Å². The minimum absolute atomic E-state index is 0.0264.